The van der Waals surface area contributed by atoms with Crippen molar-refractivity contribution in [2.75, 3.05) is 13.1 Å². The molecule has 2 N–H and O–H groups in total. The topological polar surface area (TPSA) is 42.1 Å². The third-order valence-corrected chi connectivity index (χ3v) is 3.84. The molecular weight excluding hydrogens is 198 g/mol. The lowest BCUT2D eigenvalue weighted by Crippen LogP contribution is -2.27. The standard InChI is InChI=1S/C13H19N3/c14-7-10-6-13(11-2-1-5-15-8-11)16(9-10)12-3-4-12/h1-2,5,8,10,12-13H,3-4,6-7,9,14H2. The summed E-state index contributed by atoms with van der Waals surface area (Å²) in [5, 5.41) is 0. The summed E-state index contributed by atoms with van der Waals surface area (Å²) in [6, 6.07) is 5.62. The van der Waals surface area contributed by atoms with Crippen LogP contribution in [-0.2, 0) is 0 Å². The molecule has 0 radical (unpaired) electrons. The lowest BCUT2D eigenvalue weighted by Gasteiger charge is -2.24. The zero-order valence-electron chi connectivity index (χ0n) is 9.55. The minimum absolute atomic E-state index is 0.565. The monoisotopic (exact) mass is 217 g/mol. The first kappa shape index (κ1) is 10.2. The number of rotatable bonds is 3. The lowest BCUT2D eigenvalue weighted by atomic mass is 10.0. The second-order valence-electron chi connectivity index (χ2n) is 5.07. The largest absolute Gasteiger partial charge is 0.330 e. The van der Waals surface area contributed by atoms with Crippen LogP contribution in [0, 0.1) is 5.92 Å². The van der Waals surface area contributed by atoms with E-state index in [0.717, 1.165) is 12.6 Å². The van der Waals surface area contributed by atoms with Crippen molar-refractivity contribution >= 4 is 0 Å². The van der Waals surface area contributed by atoms with Crippen LogP contribution < -0.4 is 5.73 Å². The van der Waals surface area contributed by atoms with Crippen LogP contribution in [0.5, 0.6) is 0 Å². The number of hydrogen-bond acceptors (Lipinski definition) is 3. The van der Waals surface area contributed by atoms with E-state index in [1.54, 1.807) is 0 Å². The molecule has 1 aliphatic carbocycles. The first-order chi connectivity index (χ1) is 7.88. The highest BCUT2D eigenvalue weighted by molar-refractivity contribution is 5.17. The van der Waals surface area contributed by atoms with Gasteiger partial charge in [0.1, 0.15) is 0 Å². The zero-order valence-corrected chi connectivity index (χ0v) is 9.55. The molecule has 1 aliphatic heterocycles. The Labute approximate surface area is 96.7 Å². The summed E-state index contributed by atoms with van der Waals surface area (Å²) in [5.41, 5.74) is 7.18. The molecule has 16 heavy (non-hydrogen) atoms. The molecule has 2 unspecified atom stereocenters. The van der Waals surface area contributed by atoms with Crippen LogP contribution in [0.4, 0.5) is 0 Å². The summed E-state index contributed by atoms with van der Waals surface area (Å²) in [7, 11) is 0. The van der Waals surface area contributed by atoms with Gasteiger partial charge in [-0.3, -0.25) is 9.88 Å². The summed E-state index contributed by atoms with van der Waals surface area (Å²) in [4.78, 5) is 6.88. The fourth-order valence-electron chi connectivity index (χ4n) is 2.83. The van der Waals surface area contributed by atoms with Crippen molar-refractivity contribution in [1.29, 1.82) is 0 Å². The molecule has 2 fully saturated rings. The Hall–Kier alpha value is -0.930. The molecule has 0 spiro atoms. The summed E-state index contributed by atoms with van der Waals surface area (Å²) >= 11 is 0. The van der Waals surface area contributed by atoms with Crippen molar-refractivity contribution in [3.63, 3.8) is 0 Å². The molecule has 3 nitrogen and oxygen atoms in total. The molecule has 1 aromatic rings. The Kier molecular flexibility index (Phi) is 2.65. The molecule has 1 saturated heterocycles. The molecule has 0 aromatic carbocycles. The highest BCUT2D eigenvalue weighted by atomic mass is 15.2. The third kappa shape index (κ3) is 1.85. The van der Waals surface area contributed by atoms with Gasteiger partial charge in [0.15, 0.2) is 0 Å². The van der Waals surface area contributed by atoms with Crippen molar-refractivity contribution < 1.29 is 0 Å². The van der Waals surface area contributed by atoms with E-state index < -0.39 is 0 Å². The molecule has 1 aromatic heterocycles. The number of pyridine rings is 1. The minimum Gasteiger partial charge on any atom is -0.330 e. The SMILES string of the molecule is NCC1CC(c2cccnc2)N(C2CC2)C1. The Morgan fingerprint density at radius 2 is 2.31 bits per heavy atom. The van der Waals surface area contributed by atoms with Crippen LogP contribution in [0.25, 0.3) is 0 Å². The van der Waals surface area contributed by atoms with Gasteiger partial charge in [0.2, 0.25) is 0 Å². The van der Waals surface area contributed by atoms with Gasteiger partial charge in [-0.05, 0) is 43.4 Å². The summed E-state index contributed by atoms with van der Waals surface area (Å²) in [6.45, 7) is 2.00. The fraction of sp³-hybridized carbons (Fsp3) is 0.615. The maximum Gasteiger partial charge on any atom is 0.0370 e. The molecular formula is C13H19N3. The number of hydrogen-bond donors (Lipinski definition) is 1. The minimum atomic E-state index is 0.565. The third-order valence-electron chi connectivity index (χ3n) is 3.84. The van der Waals surface area contributed by atoms with Crippen LogP contribution in [0.1, 0.15) is 30.9 Å². The van der Waals surface area contributed by atoms with Crippen LogP contribution in [-0.4, -0.2) is 29.0 Å². The number of aromatic nitrogens is 1. The van der Waals surface area contributed by atoms with Gasteiger partial charge in [-0.25, -0.2) is 0 Å². The molecule has 1 saturated carbocycles. The molecule has 2 aliphatic rings. The Morgan fingerprint density at radius 3 is 2.94 bits per heavy atom. The van der Waals surface area contributed by atoms with Gasteiger partial charge in [-0.1, -0.05) is 6.07 Å². The molecule has 0 bridgehead atoms. The second kappa shape index (κ2) is 4.15. The maximum absolute atomic E-state index is 5.81. The van der Waals surface area contributed by atoms with Gasteiger partial charge < -0.3 is 5.73 Å². The first-order valence-electron chi connectivity index (χ1n) is 6.24. The van der Waals surface area contributed by atoms with Gasteiger partial charge in [-0.2, -0.15) is 0 Å². The van der Waals surface area contributed by atoms with Crippen LogP contribution in [0.3, 0.4) is 0 Å². The number of nitrogens with zero attached hydrogens (tertiary/aromatic N) is 2. The van der Waals surface area contributed by atoms with E-state index in [0.29, 0.717) is 12.0 Å². The van der Waals surface area contributed by atoms with E-state index in [1.807, 2.05) is 18.5 Å². The summed E-state index contributed by atoms with van der Waals surface area (Å²) in [5.74, 6) is 0.672. The van der Waals surface area contributed by atoms with Crippen LogP contribution >= 0.6 is 0 Å². The number of nitrogens with two attached hydrogens (primary N) is 1. The van der Waals surface area contributed by atoms with E-state index in [1.165, 1.54) is 31.4 Å². The lowest BCUT2D eigenvalue weighted by molar-refractivity contribution is 0.242. The van der Waals surface area contributed by atoms with Gasteiger partial charge >= 0.3 is 0 Å². The normalized spacial score (nSPS) is 30.8. The van der Waals surface area contributed by atoms with Crippen molar-refractivity contribution in [2.24, 2.45) is 11.7 Å². The molecule has 86 valence electrons. The van der Waals surface area contributed by atoms with Crippen LogP contribution in [0.2, 0.25) is 0 Å². The van der Waals surface area contributed by atoms with E-state index in [2.05, 4.69) is 16.0 Å². The predicted octanol–water partition coefficient (Wildman–Crippen LogP) is 1.57. The Bertz CT molecular complexity index is 347. The molecule has 0 amide bonds. The average molecular weight is 217 g/mol. The van der Waals surface area contributed by atoms with Gasteiger partial charge in [0.05, 0.1) is 0 Å². The van der Waals surface area contributed by atoms with Crippen LogP contribution in [0.15, 0.2) is 24.5 Å². The van der Waals surface area contributed by atoms with E-state index in [-0.39, 0.29) is 0 Å². The van der Waals surface area contributed by atoms with E-state index >= 15 is 0 Å². The molecule has 2 heterocycles. The van der Waals surface area contributed by atoms with E-state index in [4.69, 9.17) is 5.73 Å². The summed E-state index contributed by atoms with van der Waals surface area (Å²) in [6.07, 6.45) is 7.81. The Morgan fingerprint density at radius 1 is 1.44 bits per heavy atom. The van der Waals surface area contributed by atoms with Crippen molar-refractivity contribution in [3.05, 3.63) is 30.1 Å². The average Bonchev–Trinajstić information content (AvgIpc) is 3.10. The highest BCUT2D eigenvalue weighted by Crippen LogP contribution is 2.42. The maximum atomic E-state index is 5.81. The summed E-state index contributed by atoms with van der Waals surface area (Å²) < 4.78 is 0. The molecule has 3 heteroatoms. The molecule has 2 atom stereocenters. The van der Waals surface area contributed by atoms with Crippen molar-refractivity contribution in [3.8, 4) is 0 Å². The second-order valence-corrected chi connectivity index (χ2v) is 5.07. The Balaban J connectivity index is 1.81. The van der Waals surface area contributed by atoms with Gasteiger partial charge in [0.25, 0.3) is 0 Å². The first-order valence-corrected chi connectivity index (χ1v) is 6.24. The number of likely N-dealkylation sites (tertiary alicyclic amines) is 1. The van der Waals surface area contributed by atoms with Crippen molar-refractivity contribution in [2.45, 2.75) is 31.3 Å². The zero-order chi connectivity index (χ0) is 11.0. The van der Waals surface area contributed by atoms with Gasteiger partial charge in [0, 0.05) is 31.0 Å². The van der Waals surface area contributed by atoms with Gasteiger partial charge in [-0.15, -0.1) is 0 Å². The predicted molar refractivity (Wildman–Crippen MR) is 63.9 cm³/mol. The smallest absolute Gasteiger partial charge is 0.0370 e. The quantitative estimate of drug-likeness (QED) is 0.835. The highest BCUT2D eigenvalue weighted by Gasteiger charge is 2.40. The molecule has 3 rings (SSSR count). The van der Waals surface area contributed by atoms with Crippen molar-refractivity contribution in [1.82, 2.24) is 9.88 Å². The fourth-order valence-corrected chi connectivity index (χ4v) is 2.83. The van der Waals surface area contributed by atoms with E-state index in [9.17, 15) is 0 Å².